The Morgan fingerprint density at radius 3 is 2.72 bits per heavy atom. The van der Waals surface area contributed by atoms with Crippen molar-refractivity contribution in [1.29, 1.82) is 0 Å². The van der Waals surface area contributed by atoms with E-state index in [0.29, 0.717) is 5.92 Å². The van der Waals surface area contributed by atoms with Gasteiger partial charge in [-0.2, -0.15) is 0 Å². The average Bonchev–Trinajstić information content (AvgIpc) is 2.87. The van der Waals surface area contributed by atoms with Gasteiger partial charge in [0.25, 0.3) is 0 Å². The summed E-state index contributed by atoms with van der Waals surface area (Å²) in [6.07, 6.45) is 12.2. The molecule has 0 aromatic rings. The van der Waals surface area contributed by atoms with E-state index in [9.17, 15) is 4.79 Å². The quantitative estimate of drug-likeness (QED) is 0.488. The number of hydrogen-bond acceptors (Lipinski definition) is 3. The van der Waals surface area contributed by atoms with Crippen LogP contribution in [0.15, 0.2) is 36.0 Å². The molecular formula is C22H34O3. The number of hydrogen-bond donors (Lipinski definition) is 0. The normalized spacial score (nSPS) is 40.0. The van der Waals surface area contributed by atoms with Gasteiger partial charge < -0.3 is 9.47 Å². The van der Waals surface area contributed by atoms with Crippen LogP contribution < -0.4 is 0 Å². The molecule has 1 fully saturated rings. The van der Waals surface area contributed by atoms with E-state index in [0.717, 1.165) is 44.1 Å². The second-order valence-corrected chi connectivity index (χ2v) is 8.25. The molecule has 2 heterocycles. The van der Waals surface area contributed by atoms with Gasteiger partial charge in [0.2, 0.25) is 0 Å². The zero-order valence-electron chi connectivity index (χ0n) is 16.6. The molecule has 0 N–H and O–H groups in total. The van der Waals surface area contributed by atoms with Gasteiger partial charge in [-0.25, -0.2) is 0 Å². The van der Waals surface area contributed by atoms with E-state index in [1.807, 2.05) is 0 Å². The summed E-state index contributed by atoms with van der Waals surface area (Å²) in [5.41, 5.74) is 1.94. The Balaban J connectivity index is 2.27. The lowest BCUT2D eigenvalue weighted by atomic mass is 9.86. The van der Waals surface area contributed by atoms with Crippen LogP contribution in [0.5, 0.6) is 0 Å². The summed E-state index contributed by atoms with van der Waals surface area (Å²) in [4.78, 5) is 11.5. The van der Waals surface area contributed by atoms with Crippen molar-refractivity contribution in [3.8, 4) is 0 Å². The molecule has 0 amide bonds. The van der Waals surface area contributed by atoms with Crippen molar-refractivity contribution in [3.63, 3.8) is 0 Å². The van der Waals surface area contributed by atoms with Crippen molar-refractivity contribution < 1.29 is 14.3 Å². The Bertz CT molecular complexity index is 574. The van der Waals surface area contributed by atoms with Crippen LogP contribution in [-0.2, 0) is 14.3 Å². The summed E-state index contributed by atoms with van der Waals surface area (Å²) in [7, 11) is 0. The fourth-order valence-electron chi connectivity index (χ4n) is 3.90. The first-order valence-corrected chi connectivity index (χ1v) is 9.52. The van der Waals surface area contributed by atoms with E-state index < -0.39 is 0 Å². The van der Waals surface area contributed by atoms with E-state index in [1.165, 1.54) is 12.5 Å². The number of carbonyl (C=O) groups is 1. The van der Waals surface area contributed by atoms with Gasteiger partial charge in [-0.1, -0.05) is 37.3 Å². The minimum Gasteiger partial charge on any atom is -0.462 e. The van der Waals surface area contributed by atoms with Crippen LogP contribution in [0.3, 0.4) is 0 Å². The lowest BCUT2D eigenvalue weighted by Gasteiger charge is -2.32. The number of carbonyl (C=O) groups excluding carboxylic acids is 1. The third-order valence-electron chi connectivity index (χ3n) is 5.77. The van der Waals surface area contributed by atoms with E-state index in [2.05, 4.69) is 52.5 Å². The van der Waals surface area contributed by atoms with Crippen molar-refractivity contribution >= 4 is 5.97 Å². The molecule has 3 nitrogen and oxygen atoms in total. The number of ether oxygens (including phenoxy) is 2. The summed E-state index contributed by atoms with van der Waals surface area (Å²) >= 11 is 0. The molecule has 0 aromatic carbocycles. The van der Waals surface area contributed by atoms with Crippen LogP contribution >= 0.6 is 0 Å². The third-order valence-corrected chi connectivity index (χ3v) is 5.77. The van der Waals surface area contributed by atoms with Crippen molar-refractivity contribution in [2.45, 2.75) is 90.4 Å². The van der Waals surface area contributed by atoms with Gasteiger partial charge >= 0.3 is 5.97 Å². The molecule has 2 aliphatic heterocycles. The Morgan fingerprint density at radius 2 is 2.08 bits per heavy atom. The van der Waals surface area contributed by atoms with Gasteiger partial charge in [0.05, 0.1) is 11.2 Å². The number of fused-ring (bicyclic) bond motifs is 2. The second kappa shape index (κ2) is 7.90. The molecule has 3 unspecified atom stereocenters. The van der Waals surface area contributed by atoms with Crippen LogP contribution in [0.2, 0.25) is 0 Å². The van der Waals surface area contributed by atoms with Crippen LogP contribution in [0.25, 0.3) is 0 Å². The van der Waals surface area contributed by atoms with Gasteiger partial charge in [-0.05, 0) is 70.8 Å². The summed E-state index contributed by atoms with van der Waals surface area (Å²) in [5, 5.41) is 0. The number of allylic oxidation sites excluding steroid dienone is 2. The van der Waals surface area contributed by atoms with Crippen LogP contribution in [0, 0.1) is 5.92 Å². The Labute approximate surface area is 153 Å². The molecule has 0 spiro atoms. The van der Waals surface area contributed by atoms with E-state index in [-0.39, 0.29) is 23.3 Å². The summed E-state index contributed by atoms with van der Waals surface area (Å²) in [6.45, 7) is 14.3. The van der Waals surface area contributed by atoms with Crippen molar-refractivity contribution in [1.82, 2.24) is 0 Å². The van der Waals surface area contributed by atoms with Crippen LogP contribution in [0.1, 0.15) is 73.1 Å². The predicted molar refractivity (Wildman–Crippen MR) is 102 cm³/mol. The van der Waals surface area contributed by atoms with Gasteiger partial charge in [0.1, 0.15) is 6.10 Å². The zero-order chi connectivity index (χ0) is 18.7. The number of esters is 1. The predicted octanol–water partition coefficient (Wildman–Crippen LogP) is 5.51. The smallest absolute Gasteiger partial charge is 0.302 e. The van der Waals surface area contributed by atoms with Gasteiger partial charge in [0.15, 0.2) is 0 Å². The molecule has 140 valence electrons. The first-order valence-electron chi connectivity index (χ1n) is 9.52. The van der Waals surface area contributed by atoms with E-state index in [1.54, 1.807) is 0 Å². The molecule has 1 saturated heterocycles. The Kier molecular flexibility index (Phi) is 6.31. The fraction of sp³-hybridized carbons (Fsp3) is 0.682. The van der Waals surface area contributed by atoms with Crippen LogP contribution in [-0.4, -0.2) is 23.3 Å². The van der Waals surface area contributed by atoms with E-state index >= 15 is 0 Å². The third kappa shape index (κ3) is 5.07. The van der Waals surface area contributed by atoms with Gasteiger partial charge in [-0.15, -0.1) is 0 Å². The van der Waals surface area contributed by atoms with E-state index in [4.69, 9.17) is 9.47 Å². The molecular weight excluding hydrogens is 312 g/mol. The SMILES string of the molecule is C=C(C)[C@]12C/C=C(\C)CCC(OC(C)=O)C(C)C/C=C/C(C)(CC1)O2. The second-order valence-electron chi connectivity index (χ2n) is 8.25. The highest BCUT2D eigenvalue weighted by atomic mass is 16.5. The summed E-state index contributed by atoms with van der Waals surface area (Å²) in [5.74, 6) is 0.104. The van der Waals surface area contributed by atoms with Gasteiger partial charge in [-0.3, -0.25) is 4.79 Å². The standard InChI is InChI=1S/C22H34O3/c1-16(2)22-13-11-17(3)9-10-20(24-19(5)23)18(4)8-7-12-21(6,25-22)14-15-22/h7,11-12,18,20H,1,8-10,13-15H2,2-6H3/b12-7+,17-11+/t18?,20?,21?,22-/m0/s1. The Morgan fingerprint density at radius 1 is 1.36 bits per heavy atom. The van der Waals surface area contributed by atoms with Crippen LogP contribution in [0.4, 0.5) is 0 Å². The zero-order valence-corrected chi connectivity index (χ0v) is 16.6. The minimum atomic E-state index is -0.255. The molecule has 2 aliphatic rings. The first kappa shape index (κ1) is 20.0. The highest BCUT2D eigenvalue weighted by Crippen LogP contribution is 2.45. The summed E-state index contributed by atoms with van der Waals surface area (Å²) in [6, 6.07) is 0. The highest BCUT2D eigenvalue weighted by molar-refractivity contribution is 5.66. The minimum absolute atomic E-state index is 0.0349. The summed E-state index contributed by atoms with van der Waals surface area (Å²) < 4.78 is 12.2. The highest BCUT2D eigenvalue weighted by Gasteiger charge is 2.45. The molecule has 2 bridgehead atoms. The fourth-order valence-corrected chi connectivity index (χ4v) is 3.90. The van der Waals surface area contributed by atoms with Crippen molar-refractivity contribution in [2.75, 3.05) is 0 Å². The maximum atomic E-state index is 11.5. The van der Waals surface area contributed by atoms with Crippen molar-refractivity contribution in [3.05, 3.63) is 36.0 Å². The average molecular weight is 347 g/mol. The lowest BCUT2D eigenvalue weighted by molar-refractivity contribution is -0.149. The monoisotopic (exact) mass is 346 g/mol. The Hall–Kier alpha value is -1.35. The molecule has 0 radical (unpaired) electrons. The number of rotatable bonds is 2. The first-order chi connectivity index (χ1) is 11.7. The van der Waals surface area contributed by atoms with Crippen molar-refractivity contribution in [2.24, 2.45) is 5.92 Å². The maximum Gasteiger partial charge on any atom is 0.302 e. The lowest BCUT2D eigenvalue weighted by Crippen LogP contribution is -2.33. The molecule has 4 atom stereocenters. The molecule has 2 rings (SSSR count). The molecule has 25 heavy (non-hydrogen) atoms. The largest absolute Gasteiger partial charge is 0.462 e. The molecule has 0 aliphatic carbocycles. The molecule has 3 heteroatoms. The van der Waals surface area contributed by atoms with Gasteiger partial charge in [0, 0.05) is 6.92 Å². The molecule has 0 aromatic heterocycles. The molecule has 0 saturated carbocycles. The maximum absolute atomic E-state index is 11.5. The topological polar surface area (TPSA) is 35.5 Å².